The summed E-state index contributed by atoms with van der Waals surface area (Å²) in [7, 11) is 0. The zero-order chi connectivity index (χ0) is 11.8. The van der Waals surface area contributed by atoms with Crippen molar-refractivity contribution in [1.29, 1.82) is 0 Å². The highest BCUT2D eigenvalue weighted by Crippen LogP contribution is 2.33. The van der Waals surface area contributed by atoms with Crippen LogP contribution in [0.4, 0.5) is 0 Å². The molecule has 0 fully saturated rings. The first-order valence-corrected chi connectivity index (χ1v) is 5.12. The van der Waals surface area contributed by atoms with Crippen LogP contribution in [0.3, 0.4) is 0 Å². The largest absolute Gasteiger partial charge is 0.508 e. The van der Waals surface area contributed by atoms with E-state index in [1.807, 2.05) is 18.2 Å². The van der Waals surface area contributed by atoms with Crippen LogP contribution >= 0.6 is 0 Å². The molecule has 0 bridgehead atoms. The summed E-state index contributed by atoms with van der Waals surface area (Å²) in [6.07, 6.45) is 0. The average molecular weight is 227 g/mol. The summed E-state index contributed by atoms with van der Waals surface area (Å²) in [4.78, 5) is 4.25. The van der Waals surface area contributed by atoms with E-state index in [4.69, 9.17) is 4.42 Å². The molecule has 0 saturated heterocycles. The topological polar surface area (TPSA) is 66.5 Å². The fraction of sp³-hybridized carbons (Fsp3) is 0. The van der Waals surface area contributed by atoms with Gasteiger partial charge in [0.05, 0.1) is 5.56 Å². The predicted molar refractivity (Wildman–Crippen MR) is 62.8 cm³/mol. The number of phenols is 2. The van der Waals surface area contributed by atoms with Gasteiger partial charge in [0.2, 0.25) is 5.89 Å². The monoisotopic (exact) mass is 227 g/mol. The number of oxazole rings is 1. The molecule has 0 aliphatic heterocycles. The molecular formula is C13H9NO3. The molecule has 84 valence electrons. The summed E-state index contributed by atoms with van der Waals surface area (Å²) in [6, 6.07) is 11.5. The van der Waals surface area contributed by atoms with E-state index in [0.717, 1.165) is 0 Å². The predicted octanol–water partition coefficient (Wildman–Crippen LogP) is 2.91. The first-order valence-electron chi connectivity index (χ1n) is 5.12. The molecule has 0 unspecified atom stereocenters. The van der Waals surface area contributed by atoms with E-state index in [1.54, 1.807) is 6.07 Å². The van der Waals surface area contributed by atoms with Gasteiger partial charge < -0.3 is 14.6 Å². The smallest absolute Gasteiger partial charge is 0.231 e. The second-order valence-corrected chi connectivity index (χ2v) is 3.69. The van der Waals surface area contributed by atoms with Crippen LogP contribution in [0.15, 0.2) is 46.9 Å². The van der Waals surface area contributed by atoms with Crippen molar-refractivity contribution in [3.63, 3.8) is 0 Å². The van der Waals surface area contributed by atoms with Gasteiger partial charge in [-0.15, -0.1) is 0 Å². The van der Waals surface area contributed by atoms with Gasteiger partial charge in [-0.1, -0.05) is 12.1 Å². The van der Waals surface area contributed by atoms with Gasteiger partial charge in [-0.05, 0) is 30.3 Å². The van der Waals surface area contributed by atoms with E-state index in [0.29, 0.717) is 22.6 Å². The van der Waals surface area contributed by atoms with Gasteiger partial charge in [-0.25, -0.2) is 4.98 Å². The van der Waals surface area contributed by atoms with Crippen molar-refractivity contribution in [1.82, 2.24) is 4.98 Å². The number of hydrogen-bond donors (Lipinski definition) is 2. The van der Waals surface area contributed by atoms with E-state index >= 15 is 0 Å². The highest BCUT2D eigenvalue weighted by molar-refractivity contribution is 5.77. The summed E-state index contributed by atoms with van der Waals surface area (Å²) < 4.78 is 5.51. The maximum Gasteiger partial charge on any atom is 0.231 e. The number of para-hydroxylation sites is 2. The Balaban J connectivity index is 2.23. The zero-order valence-electron chi connectivity index (χ0n) is 8.79. The second-order valence-electron chi connectivity index (χ2n) is 3.69. The number of hydrogen-bond acceptors (Lipinski definition) is 4. The van der Waals surface area contributed by atoms with Crippen molar-refractivity contribution >= 4 is 11.1 Å². The molecule has 0 aliphatic carbocycles. The molecule has 1 heterocycles. The summed E-state index contributed by atoms with van der Waals surface area (Å²) in [5.74, 6) is 0.369. The van der Waals surface area contributed by atoms with Crippen molar-refractivity contribution < 1.29 is 14.6 Å². The summed E-state index contributed by atoms with van der Waals surface area (Å²) >= 11 is 0. The molecule has 2 aromatic carbocycles. The van der Waals surface area contributed by atoms with Crippen molar-refractivity contribution in [2.75, 3.05) is 0 Å². The van der Waals surface area contributed by atoms with E-state index in [9.17, 15) is 10.2 Å². The Morgan fingerprint density at radius 1 is 1.00 bits per heavy atom. The quantitative estimate of drug-likeness (QED) is 0.627. The van der Waals surface area contributed by atoms with E-state index in [-0.39, 0.29) is 11.5 Å². The molecule has 1 aromatic heterocycles. The number of aromatic hydroxyl groups is 2. The Morgan fingerprint density at radius 3 is 2.65 bits per heavy atom. The Kier molecular flexibility index (Phi) is 2.01. The standard InChI is InChI=1S/C13H9NO3/c15-8-5-6-11(16)9(7-8)13-14-10-3-1-2-4-12(10)17-13/h1-7,15-16H. The number of rotatable bonds is 1. The molecule has 0 atom stereocenters. The maximum atomic E-state index is 9.70. The SMILES string of the molecule is Oc1ccc(O)c(-c2nc3ccccc3o2)c1. The lowest BCUT2D eigenvalue weighted by Crippen LogP contribution is -1.78. The summed E-state index contributed by atoms with van der Waals surface area (Å²) in [6.45, 7) is 0. The van der Waals surface area contributed by atoms with Gasteiger partial charge in [-0.2, -0.15) is 0 Å². The lowest BCUT2D eigenvalue weighted by atomic mass is 10.2. The van der Waals surface area contributed by atoms with Crippen LogP contribution in [0.2, 0.25) is 0 Å². The van der Waals surface area contributed by atoms with Crippen LogP contribution in [-0.4, -0.2) is 15.2 Å². The van der Waals surface area contributed by atoms with Gasteiger partial charge in [0.15, 0.2) is 5.58 Å². The molecule has 0 radical (unpaired) electrons. The minimum absolute atomic E-state index is 0.0226. The first-order chi connectivity index (χ1) is 8.24. The van der Waals surface area contributed by atoms with Crippen LogP contribution in [0, 0.1) is 0 Å². The Hall–Kier alpha value is -2.49. The molecule has 2 N–H and O–H groups in total. The van der Waals surface area contributed by atoms with Gasteiger partial charge in [0.1, 0.15) is 17.0 Å². The molecule has 17 heavy (non-hydrogen) atoms. The summed E-state index contributed by atoms with van der Waals surface area (Å²) in [5.41, 5.74) is 1.73. The Morgan fingerprint density at radius 2 is 1.82 bits per heavy atom. The lowest BCUT2D eigenvalue weighted by Gasteiger charge is -1.99. The normalized spacial score (nSPS) is 10.8. The molecule has 0 aliphatic rings. The summed E-state index contributed by atoms with van der Waals surface area (Å²) in [5, 5.41) is 19.1. The van der Waals surface area contributed by atoms with Crippen LogP contribution in [0.5, 0.6) is 11.5 Å². The number of phenolic OH excluding ortho intramolecular Hbond substituents is 2. The molecule has 4 heteroatoms. The van der Waals surface area contributed by atoms with E-state index in [2.05, 4.69) is 4.98 Å². The second kappa shape index (κ2) is 3.52. The lowest BCUT2D eigenvalue weighted by molar-refractivity contribution is 0.459. The van der Waals surface area contributed by atoms with E-state index in [1.165, 1.54) is 18.2 Å². The van der Waals surface area contributed by atoms with Crippen LogP contribution in [-0.2, 0) is 0 Å². The van der Waals surface area contributed by atoms with Crippen molar-refractivity contribution in [3.05, 3.63) is 42.5 Å². The molecule has 0 saturated carbocycles. The molecule has 4 nitrogen and oxygen atoms in total. The Bertz CT molecular complexity index is 655. The van der Waals surface area contributed by atoms with Crippen molar-refractivity contribution in [3.8, 4) is 23.0 Å². The number of benzene rings is 2. The zero-order valence-corrected chi connectivity index (χ0v) is 8.79. The third-order valence-corrected chi connectivity index (χ3v) is 2.50. The van der Waals surface area contributed by atoms with Crippen LogP contribution in [0.1, 0.15) is 0 Å². The van der Waals surface area contributed by atoms with Crippen LogP contribution in [0.25, 0.3) is 22.6 Å². The number of fused-ring (bicyclic) bond motifs is 1. The molecule has 0 amide bonds. The third kappa shape index (κ3) is 1.59. The van der Waals surface area contributed by atoms with Gasteiger partial charge in [-0.3, -0.25) is 0 Å². The minimum atomic E-state index is 0.0226. The van der Waals surface area contributed by atoms with Gasteiger partial charge in [0.25, 0.3) is 0 Å². The molecule has 3 rings (SSSR count). The maximum absolute atomic E-state index is 9.70. The first kappa shape index (κ1) is 9.72. The fourth-order valence-electron chi connectivity index (χ4n) is 1.68. The minimum Gasteiger partial charge on any atom is -0.508 e. The third-order valence-electron chi connectivity index (χ3n) is 2.50. The average Bonchev–Trinajstić information content (AvgIpc) is 2.75. The molecule has 0 spiro atoms. The van der Waals surface area contributed by atoms with Gasteiger partial charge in [0, 0.05) is 0 Å². The van der Waals surface area contributed by atoms with E-state index < -0.39 is 0 Å². The Labute approximate surface area is 96.8 Å². The van der Waals surface area contributed by atoms with Gasteiger partial charge >= 0.3 is 0 Å². The number of nitrogens with zero attached hydrogens (tertiary/aromatic N) is 1. The highest BCUT2D eigenvalue weighted by Gasteiger charge is 2.12. The highest BCUT2D eigenvalue weighted by atomic mass is 16.3. The van der Waals surface area contributed by atoms with Crippen molar-refractivity contribution in [2.45, 2.75) is 0 Å². The van der Waals surface area contributed by atoms with Crippen molar-refractivity contribution in [2.24, 2.45) is 0 Å². The molecule has 3 aromatic rings. The fourth-order valence-corrected chi connectivity index (χ4v) is 1.68. The number of aromatic nitrogens is 1. The van der Waals surface area contributed by atoms with Crippen LogP contribution < -0.4 is 0 Å². The molecular weight excluding hydrogens is 218 g/mol.